The van der Waals surface area contributed by atoms with Crippen LogP contribution in [0.3, 0.4) is 0 Å². The molecule has 80 valence electrons. The van der Waals surface area contributed by atoms with E-state index in [0.717, 1.165) is 0 Å². The Hall–Kier alpha value is -0.470. The number of benzene rings is 1. The van der Waals surface area contributed by atoms with Gasteiger partial charge < -0.3 is 5.32 Å². The van der Waals surface area contributed by atoms with Crippen molar-refractivity contribution < 1.29 is 0 Å². The predicted molar refractivity (Wildman–Crippen MR) is 65.6 cm³/mol. The molecule has 3 rings (SSSR count). The largest absolute Gasteiger partial charge is 0.317 e. The third-order valence-electron chi connectivity index (χ3n) is 3.64. The molecule has 0 saturated carbocycles. The second kappa shape index (κ2) is 3.53. The Kier molecular flexibility index (Phi) is 2.29. The van der Waals surface area contributed by atoms with Crippen LogP contribution in [0.5, 0.6) is 0 Å². The number of hydrogen-bond donors (Lipinski definition) is 1. The highest BCUT2D eigenvalue weighted by Gasteiger charge is 2.39. The second-order valence-electron chi connectivity index (χ2n) is 4.78. The van der Waals surface area contributed by atoms with Crippen molar-refractivity contribution in [1.82, 2.24) is 5.32 Å². The summed E-state index contributed by atoms with van der Waals surface area (Å²) in [6, 6.07) is 6.76. The van der Waals surface area contributed by atoms with Gasteiger partial charge in [0.05, 0.1) is 0 Å². The second-order valence-corrected chi connectivity index (χ2v) is 6.25. The van der Waals surface area contributed by atoms with Crippen LogP contribution in [-0.2, 0) is 6.42 Å². The summed E-state index contributed by atoms with van der Waals surface area (Å²) in [5, 5.41) is 3.46. The third-order valence-corrected chi connectivity index (χ3v) is 5.41. The highest BCUT2D eigenvalue weighted by Crippen LogP contribution is 2.50. The Morgan fingerprint density at radius 2 is 2.07 bits per heavy atom. The van der Waals surface area contributed by atoms with Crippen molar-refractivity contribution in [2.45, 2.75) is 35.8 Å². The molecule has 0 aromatic heterocycles. The van der Waals surface area contributed by atoms with Gasteiger partial charge in [-0.25, -0.2) is 0 Å². The molecule has 1 fully saturated rings. The number of nitrogens with one attached hydrogen (secondary N) is 1. The fourth-order valence-corrected chi connectivity index (χ4v) is 4.33. The van der Waals surface area contributed by atoms with Crippen LogP contribution in [0.2, 0.25) is 0 Å². The number of aryl methyl sites for hydroxylation is 1. The molecule has 1 aromatic rings. The van der Waals surface area contributed by atoms with Gasteiger partial charge in [-0.1, -0.05) is 18.2 Å². The van der Waals surface area contributed by atoms with E-state index in [0.29, 0.717) is 4.75 Å². The molecule has 1 N–H and O–H groups in total. The van der Waals surface area contributed by atoms with Crippen molar-refractivity contribution in [2.75, 3.05) is 13.1 Å². The smallest absolute Gasteiger partial charge is 0.0272 e. The van der Waals surface area contributed by atoms with Gasteiger partial charge in [0.2, 0.25) is 0 Å². The van der Waals surface area contributed by atoms with Crippen LogP contribution in [0.1, 0.15) is 24.0 Å². The molecule has 0 aliphatic carbocycles. The number of hydrogen-bond acceptors (Lipinski definition) is 2. The predicted octanol–water partition coefficient (Wildman–Crippen LogP) is 2.77. The lowest BCUT2D eigenvalue weighted by molar-refractivity contribution is 0.417. The first-order chi connectivity index (χ1) is 7.29. The average molecular weight is 219 g/mol. The number of thioether (sulfide) groups is 1. The molecule has 1 saturated heterocycles. The van der Waals surface area contributed by atoms with Gasteiger partial charge in [-0.15, -0.1) is 11.8 Å². The normalized spacial score (nSPS) is 23.0. The highest BCUT2D eigenvalue weighted by atomic mass is 32.2. The van der Waals surface area contributed by atoms with E-state index in [1.54, 1.807) is 10.5 Å². The summed E-state index contributed by atoms with van der Waals surface area (Å²) in [5.41, 5.74) is 3.05. The molecule has 1 aromatic carbocycles. The maximum Gasteiger partial charge on any atom is 0.0272 e. The van der Waals surface area contributed by atoms with E-state index in [1.807, 2.05) is 0 Å². The first-order valence-electron chi connectivity index (χ1n) is 5.77. The van der Waals surface area contributed by atoms with Gasteiger partial charge in [0, 0.05) is 9.64 Å². The highest BCUT2D eigenvalue weighted by molar-refractivity contribution is 8.01. The molecule has 0 amide bonds. The Morgan fingerprint density at radius 3 is 2.80 bits per heavy atom. The summed E-state index contributed by atoms with van der Waals surface area (Å²) in [5.74, 6) is 0. The van der Waals surface area contributed by atoms with E-state index in [2.05, 4.69) is 42.2 Å². The summed E-state index contributed by atoms with van der Waals surface area (Å²) < 4.78 is 0.527. The van der Waals surface area contributed by atoms with E-state index in [1.165, 1.54) is 37.9 Å². The van der Waals surface area contributed by atoms with Crippen LogP contribution in [0.15, 0.2) is 23.1 Å². The van der Waals surface area contributed by atoms with E-state index in [9.17, 15) is 0 Å². The molecule has 1 nitrogen and oxygen atoms in total. The van der Waals surface area contributed by atoms with Crippen molar-refractivity contribution in [3.63, 3.8) is 0 Å². The molecule has 0 atom stereocenters. The summed E-state index contributed by atoms with van der Waals surface area (Å²) in [7, 11) is 0. The molecule has 0 bridgehead atoms. The molecule has 15 heavy (non-hydrogen) atoms. The van der Waals surface area contributed by atoms with Crippen LogP contribution in [0, 0.1) is 6.92 Å². The molecule has 0 radical (unpaired) electrons. The topological polar surface area (TPSA) is 12.0 Å². The standard InChI is InChI=1S/C13H17NS/c1-10-3-2-4-11-9-13(15-12(10)11)5-7-14-8-6-13/h2-4,14H,5-9H2,1H3. The SMILES string of the molecule is Cc1cccc2c1SC1(CCNCC1)C2. The quantitative estimate of drug-likeness (QED) is 0.720. The zero-order valence-electron chi connectivity index (χ0n) is 9.18. The van der Waals surface area contributed by atoms with Gasteiger partial charge in [-0.3, -0.25) is 0 Å². The van der Waals surface area contributed by atoms with Crippen molar-refractivity contribution in [2.24, 2.45) is 0 Å². The van der Waals surface area contributed by atoms with Crippen LogP contribution in [0.4, 0.5) is 0 Å². The average Bonchev–Trinajstić information content (AvgIpc) is 2.59. The molecule has 2 aliphatic rings. The minimum atomic E-state index is 0.527. The summed E-state index contributed by atoms with van der Waals surface area (Å²) in [6.07, 6.45) is 3.94. The molecule has 2 aliphatic heterocycles. The van der Waals surface area contributed by atoms with Crippen molar-refractivity contribution in [3.8, 4) is 0 Å². The zero-order chi connectivity index (χ0) is 10.3. The van der Waals surface area contributed by atoms with Gasteiger partial charge in [-0.2, -0.15) is 0 Å². The maximum atomic E-state index is 3.46. The van der Waals surface area contributed by atoms with Gasteiger partial charge in [0.1, 0.15) is 0 Å². The molecule has 2 heterocycles. The number of rotatable bonds is 0. The minimum absolute atomic E-state index is 0.527. The first kappa shape index (κ1) is 9.73. The van der Waals surface area contributed by atoms with Gasteiger partial charge in [0.25, 0.3) is 0 Å². The zero-order valence-corrected chi connectivity index (χ0v) is 9.99. The fourth-order valence-electron chi connectivity index (χ4n) is 2.76. The summed E-state index contributed by atoms with van der Waals surface area (Å²) >= 11 is 2.15. The molecule has 1 spiro atoms. The fraction of sp³-hybridized carbons (Fsp3) is 0.538. The Morgan fingerprint density at radius 1 is 1.27 bits per heavy atom. The van der Waals surface area contributed by atoms with Crippen molar-refractivity contribution >= 4 is 11.8 Å². The van der Waals surface area contributed by atoms with Crippen LogP contribution >= 0.6 is 11.8 Å². The molecule has 0 unspecified atom stereocenters. The lowest BCUT2D eigenvalue weighted by Crippen LogP contribution is -2.39. The Balaban J connectivity index is 1.94. The molecule has 2 heteroatoms. The van der Waals surface area contributed by atoms with Crippen molar-refractivity contribution in [1.29, 1.82) is 0 Å². The van der Waals surface area contributed by atoms with E-state index in [-0.39, 0.29) is 0 Å². The van der Waals surface area contributed by atoms with Crippen LogP contribution < -0.4 is 5.32 Å². The Bertz CT molecular complexity index is 380. The minimum Gasteiger partial charge on any atom is -0.317 e. The monoisotopic (exact) mass is 219 g/mol. The van der Waals surface area contributed by atoms with Crippen LogP contribution in [-0.4, -0.2) is 17.8 Å². The third kappa shape index (κ3) is 1.60. The van der Waals surface area contributed by atoms with E-state index in [4.69, 9.17) is 0 Å². The lowest BCUT2D eigenvalue weighted by atomic mass is 9.90. The van der Waals surface area contributed by atoms with Crippen molar-refractivity contribution in [3.05, 3.63) is 29.3 Å². The summed E-state index contributed by atoms with van der Waals surface area (Å²) in [4.78, 5) is 1.57. The van der Waals surface area contributed by atoms with Gasteiger partial charge >= 0.3 is 0 Å². The van der Waals surface area contributed by atoms with Gasteiger partial charge in [0.15, 0.2) is 0 Å². The maximum absolute atomic E-state index is 3.46. The number of piperidine rings is 1. The Labute approximate surface area is 95.6 Å². The van der Waals surface area contributed by atoms with Crippen LogP contribution in [0.25, 0.3) is 0 Å². The van der Waals surface area contributed by atoms with E-state index < -0.39 is 0 Å². The molecular weight excluding hydrogens is 202 g/mol. The lowest BCUT2D eigenvalue weighted by Gasteiger charge is -2.32. The van der Waals surface area contributed by atoms with Gasteiger partial charge in [-0.05, 0) is 50.4 Å². The van der Waals surface area contributed by atoms with E-state index >= 15 is 0 Å². The molecular formula is C13H17NS. The summed E-state index contributed by atoms with van der Waals surface area (Å²) in [6.45, 7) is 4.63. The number of fused-ring (bicyclic) bond motifs is 1. The first-order valence-corrected chi connectivity index (χ1v) is 6.59.